The number of nitrogens with zero attached hydrogens (tertiary/aromatic N) is 4. The number of halogens is 5. The van der Waals surface area contributed by atoms with Crippen molar-refractivity contribution in [2.45, 2.75) is 60.8 Å². The zero-order chi connectivity index (χ0) is 45.8. The summed E-state index contributed by atoms with van der Waals surface area (Å²) < 4.78 is 51.3. The van der Waals surface area contributed by atoms with Gasteiger partial charge in [0.1, 0.15) is 34.3 Å². The van der Waals surface area contributed by atoms with E-state index in [4.69, 9.17) is 63.7 Å². The van der Waals surface area contributed by atoms with Crippen molar-refractivity contribution < 1.29 is 47.4 Å². The minimum absolute atomic E-state index is 0.0509. The van der Waals surface area contributed by atoms with Gasteiger partial charge in [0.15, 0.2) is 23.0 Å². The molecule has 0 aromatic heterocycles. The number of carbonyl (C=O) groups is 2. The average Bonchev–Trinajstić information content (AvgIpc) is 3.59. The monoisotopic (exact) mass is 982 g/mol. The predicted molar refractivity (Wildman–Crippen MR) is 240 cm³/mol. The third-order valence-electron chi connectivity index (χ3n) is 12.2. The van der Waals surface area contributed by atoms with Crippen molar-refractivity contribution in [2.75, 3.05) is 40.5 Å². The van der Waals surface area contributed by atoms with Crippen molar-refractivity contribution in [3.8, 4) is 22.6 Å². The first kappa shape index (κ1) is 45.7. The molecule has 2 amide bonds. The second-order valence-corrected chi connectivity index (χ2v) is 18.5. The van der Waals surface area contributed by atoms with E-state index in [1.165, 1.54) is 28.0 Å². The van der Waals surface area contributed by atoms with E-state index in [2.05, 4.69) is 25.9 Å². The van der Waals surface area contributed by atoms with Gasteiger partial charge in [-0.2, -0.15) is 0 Å². The van der Waals surface area contributed by atoms with E-state index >= 15 is 0 Å². The zero-order valence-corrected chi connectivity index (χ0v) is 37.9. The van der Waals surface area contributed by atoms with Gasteiger partial charge < -0.3 is 40.5 Å². The molecule has 6 N–H and O–H groups in total. The molecule has 64 heavy (non-hydrogen) atoms. The highest BCUT2D eigenvalue weighted by molar-refractivity contribution is 9.10. The zero-order valence-electron chi connectivity index (χ0n) is 34.8. The van der Waals surface area contributed by atoms with Gasteiger partial charge in [-0.05, 0) is 109 Å². The summed E-state index contributed by atoms with van der Waals surface area (Å²) in [7, 11) is 1.60. The van der Waals surface area contributed by atoms with Crippen LogP contribution in [0.25, 0.3) is 11.1 Å². The molecule has 4 spiro atoms. The fourth-order valence-electron chi connectivity index (χ4n) is 9.22. The lowest BCUT2D eigenvalue weighted by Crippen LogP contribution is -2.55. The Kier molecular flexibility index (Phi) is 12.5. The molecule has 0 bridgehead atoms. The summed E-state index contributed by atoms with van der Waals surface area (Å²) in [5.74, 6) is 0.336. The van der Waals surface area contributed by atoms with E-state index in [0.29, 0.717) is 65.9 Å². The number of fused-ring (bicyclic) bond motifs is 4. The number of rotatable bonds is 2. The minimum Gasteiger partial charge on any atom is -0.484 e. The van der Waals surface area contributed by atoms with Crippen LogP contribution in [0.3, 0.4) is 0 Å². The first-order valence-corrected chi connectivity index (χ1v) is 22.0. The van der Waals surface area contributed by atoms with Crippen LogP contribution in [0.1, 0.15) is 49.7 Å². The SMILES string of the molecule is CN1C(=O)C2(CC3(CCCOC3)Oc3ccc(-c4cc(F)cc(Cl)c4)cc32)N=C1N.CN1C(=O)C2(CC3(CCCOC3)Oc3ccc(Br)cc32)N=C1N.OB(O)c1cc(F)cc(Cl)c1. The average molecular weight is 984 g/mol. The molecule has 10 rings (SSSR count). The number of hydrogen-bond donors (Lipinski definition) is 4. The molecule has 2 saturated heterocycles. The third kappa shape index (κ3) is 8.56. The maximum absolute atomic E-state index is 13.9. The topological polar surface area (TPSA) is 195 Å². The summed E-state index contributed by atoms with van der Waals surface area (Å²) in [4.78, 5) is 38.4. The lowest BCUT2D eigenvalue weighted by atomic mass is 9.74. The summed E-state index contributed by atoms with van der Waals surface area (Å²) in [6, 6.07) is 18.9. The fourth-order valence-corrected chi connectivity index (χ4v) is 10.0. The van der Waals surface area contributed by atoms with Crippen LogP contribution in [0.5, 0.6) is 11.5 Å². The van der Waals surface area contributed by atoms with Crippen LogP contribution >= 0.6 is 39.1 Å². The molecule has 4 unspecified atom stereocenters. The molecule has 2 fully saturated rings. The molecule has 336 valence electrons. The van der Waals surface area contributed by atoms with E-state index in [0.717, 1.165) is 54.5 Å². The van der Waals surface area contributed by atoms with E-state index < -0.39 is 41.0 Å². The molecule has 0 aliphatic carbocycles. The van der Waals surface area contributed by atoms with Crippen LogP contribution in [-0.2, 0) is 30.1 Å². The quantitative estimate of drug-likeness (QED) is 0.190. The van der Waals surface area contributed by atoms with Gasteiger partial charge in [-0.15, -0.1) is 0 Å². The van der Waals surface area contributed by atoms with Crippen molar-refractivity contribution in [3.63, 3.8) is 0 Å². The molecular formula is C44H44BBrCl2F2N6O8. The number of benzene rings is 4. The summed E-state index contributed by atoms with van der Waals surface area (Å²) in [6.45, 7) is 2.26. The number of aliphatic imine (C=N–C) groups is 2. The molecule has 6 heterocycles. The van der Waals surface area contributed by atoms with Gasteiger partial charge in [0.25, 0.3) is 11.8 Å². The first-order valence-electron chi connectivity index (χ1n) is 20.4. The number of amides is 2. The smallest absolute Gasteiger partial charge is 0.484 e. The van der Waals surface area contributed by atoms with Crippen LogP contribution in [0.15, 0.2) is 87.3 Å². The number of likely N-dealkylation sites (N-methyl/N-ethyl adjacent to an activating group) is 2. The molecule has 6 aliphatic heterocycles. The van der Waals surface area contributed by atoms with Crippen molar-refractivity contribution in [3.05, 3.63) is 110 Å². The van der Waals surface area contributed by atoms with Crippen LogP contribution in [0.2, 0.25) is 10.0 Å². The number of ether oxygens (including phenoxy) is 4. The highest BCUT2D eigenvalue weighted by atomic mass is 79.9. The summed E-state index contributed by atoms with van der Waals surface area (Å²) in [5.41, 5.74) is 11.4. The lowest BCUT2D eigenvalue weighted by Gasteiger charge is -2.46. The summed E-state index contributed by atoms with van der Waals surface area (Å²) >= 11 is 15.0. The van der Waals surface area contributed by atoms with Crippen molar-refractivity contribution >= 4 is 75.4 Å². The molecule has 6 aliphatic rings. The lowest BCUT2D eigenvalue weighted by molar-refractivity contribution is -0.139. The van der Waals surface area contributed by atoms with Gasteiger partial charge in [-0.25, -0.2) is 18.8 Å². The largest absolute Gasteiger partial charge is 0.488 e. The van der Waals surface area contributed by atoms with Gasteiger partial charge in [0.05, 0.1) is 13.2 Å². The molecule has 14 nitrogen and oxygen atoms in total. The standard InChI is InChI=1S/C22H21ClFN3O3.C16H18BrN3O3.C6H5BClFO2/c1-27-19(28)22(26-20(27)25)11-21(5-2-6-29-12-21)30-18-4-3-13(9-17(18)22)14-7-15(23)10-16(24)8-14;1-20-13(21)16(19-14(20)18)8-15(5-2-6-22-9-15)23-12-4-3-10(17)7-11(12)16;8-5-1-4(7(10)11)2-6(9)3-5/h3-4,7-10H,2,5-6,11-12H2,1H3,(H2,25,26);3-4,7H,2,5-6,8-9H2,1H3,(H2,18,19);1-3,10-11H. The third-order valence-corrected chi connectivity index (χ3v) is 13.1. The van der Waals surface area contributed by atoms with Crippen LogP contribution in [-0.4, -0.2) is 102 Å². The molecule has 4 atom stereocenters. The Morgan fingerprint density at radius 1 is 0.703 bits per heavy atom. The van der Waals surface area contributed by atoms with E-state index in [1.807, 2.05) is 30.3 Å². The van der Waals surface area contributed by atoms with Crippen molar-refractivity contribution in [2.24, 2.45) is 21.5 Å². The van der Waals surface area contributed by atoms with Crippen LogP contribution in [0.4, 0.5) is 8.78 Å². The second-order valence-electron chi connectivity index (χ2n) is 16.7. The van der Waals surface area contributed by atoms with Crippen molar-refractivity contribution in [1.29, 1.82) is 0 Å². The molecule has 20 heteroatoms. The molecular weight excluding hydrogens is 940 g/mol. The number of carbonyl (C=O) groups excluding carboxylic acids is 2. The normalized spacial score (nSPS) is 26.6. The highest BCUT2D eigenvalue weighted by Gasteiger charge is 2.60. The summed E-state index contributed by atoms with van der Waals surface area (Å²) in [6.07, 6.45) is 4.15. The molecule has 4 aromatic rings. The van der Waals surface area contributed by atoms with Crippen molar-refractivity contribution in [1.82, 2.24) is 9.80 Å². The number of nitrogens with two attached hydrogens (primary N) is 2. The van der Waals surface area contributed by atoms with Gasteiger partial charge in [-0.1, -0.05) is 45.2 Å². The highest BCUT2D eigenvalue weighted by Crippen LogP contribution is 2.53. The van der Waals surface area contributed by atoms with Gasteiger partial charge >= 0.3 is 7.12 Å². The number of hydrogen-bond acceptors (Lipinski definition) is 12. The number of guanidine groups is 2. The second kappa shape index (κ2) is 17.5. The van der Waals surface area contributed by atoms with Gasteiger partial charge in [0, 0.05) is 65.8 Å². The Hall–Kier alpha value is -4.82. The minimum atomic E-state index is -1.68. The summed E-state index contributed by atoms with van der Waals surface area (Å²) in [5, 5.41) is 17.6. The molecule has 0 radical (unpaired) electrons. The fraction of sp³-hybridized carbons (Fsp3) is 0.364. The van der Waals surface area contributed by atoms with Crippen LogP contribution in [0, 0.1) is 11.6 Å². The Morgan fingerprint density at radius 2 is 1.20 bits per heavy atom. The first-order chi connectivity index (χ1) is 30.4. The molecule has 0 saturated carbocycles. The Morgan fingerprint density at radius 3 is 1.66 bits per heavy atom. The van der Waals surface area contributed by atoms with E-state index in [9.17, 15) is 18.4 Å². The predicted octanol–water partition coefficient (Wildman–Crippen LogP) is 5.38. The van der Waals surface area contributed by atoms with Crippen LogP contribution < -0.4 is 26.4 Å². The van der Waals surface area contributed by atoms with E-state index in [1.54, 1.807) is 26.2 Å². The maximum Gasteiger partial charge on any atom is 0.488 e. The Balaban J connectivity index is 0.000000145. The Labute approximate surface area is 386 Å². The maximum atomic E-state index is 13.9. The Bertz CT molecular complexity index is 2540. The van der Waals surface area contributed by atoms with Gasteiger partial charge in [-0.3, -0.25) is 19.4 Å². The molecule has 4 aromatic carbocycles. The van der Waals surface area contributed by atoms with Gasteiger partial charge in [0.2, 0.25) is 0 Å². The van der Waals surface area contributed by atoms with E-state index in [-0.39, 0.29) is 34.2 Å².